The van der Waals surface area contributed by atoms with E-state index in [-0.39, 0.29) is 0 Å². The van der Waals surface area contributed by atoms with E-state index in [1.54, 1.807) is 0 Å². The zero-order valence-electron chi connectivity index (χ0n) is 9.54. The molecule has 0 amide bonds. The summed E-state index contributed by atoms with van der Waals surface area (Å²) in [7, 11) is 0. The van der Waals surface area contributed by atoms with Crippen LogP contribution in [-0.4, -0.2) is 31.2 Å². The van der Waals surface area contributed by atoms with Gasteiger partial charge >= 0.3 is 0 Å². The highest BCUT2D eigenvalue weighted by Gasteiger charge is 2.24. The zero-order chi connectivity index (χ0) is 10.8. The Balaban J connectivity index is 1.71. The maximum atomic E-state index is 5.62. The molecule has 1 aromatic heterocycles. The number of oxazole rings is 1. The number of hydrogen-bond acceptors (Lipinski definition) is 4. The molecule has 2 unspecified atom stereocenters. The average Bonchev–Trinajstić information content (AvgIpc) is 3.01. The zero-order valence-corrected chi connectivity index (χ0v) is 9.54. The molecule has 4 heteroatoms. The molecule has 1 aromatic rings. The fourth-order valence-electron chi connectivity index (χ4n) is 2.65. The second-order valence-electron chi connectivity index (χ2n) is 4.84. The van der Waals surface area contributed by atoms with E-state index in [0.29, 0.717) is 11.8 Å². The fraction of sp³-hybridized carbons (Fsp3) is 0.750. The smallest absolute Gasteiger partial charge is 0.198 e. The molecule has 0 saturated carbocycles. The van der Waals surface area contributed by atoms with Crippen LogP contribution in [0, 0.1) is 0 Å². The molecule has 16 heavy (non-hydrogen) atoms. The normalized spacial score (nSPS) is 30.8. The highest BCUT2D eigenvalue weighted by atomic mass is 16.3. The highest BCUT2D eigenvalue weighted by Crippen LogP contribution is 2.26. The third-order valence-corrected chi connectivity index (χ3v) is 3.66. The SMILES string of the molecule is c1oc(C2CCNC2)nc1C1CCCNC1. The van der Waals surface area contributed by atoms with E-state index in [4.69, 9.17) is 4.42 Å². The molecule has 4 nitrogen and oxygen atoms in total. The minimum atomic E-state index is 0.491. The highest BCUT2D eigenvalue weighted by molar-refractivity contribution is 5.09. The standard InChI is InChI=1S/C12H19N3O/c1-2-9(6-13-4-1)11-8-16-12(15-11)10-3-5-14-7-10/h8-10,13-14H,1-7H2. The molecule has 2 saturated heterocycles. The average molecular weight is 221 g/mol. The summed E-state index contributed by atoms with van der Waals surface area (Å²) in [5.41, 5.74) is 1.15. The molecule has 0 bridgehead atoms. The van der Waals surface area contributed by atoms with E-state index in [1.165, 1.54) is 12.8 Å². The van der Waals surface area contributed by atoms with E-state index >= 15 is 0 Å². The maximum Gasteiger partial charge on any atom is 0.198 e. The molecule has 0 radical (unpaired) electrons. The van der Waals surface area contributed by atoms with Gasteiger partial charge in [-0.1, -0.05) is 0 Å². The molecule has 0 spiro atoms. The molecule has 0 aliphatic carbocycles. The summed E-state index contributed by atoms with van der Waals surface area (Å²) in [5.74, 6) is 1.98. The van der Waals surface area contributed by atoms with Gasteiger partial charge in [0.25, 0.3) is 0 Å². The quantitative estimate of drug-likeness (QED) is 0.788. The Bertz CT molecular complexity index is 338. The number of aromatic nitrogens is 1. The summed E-state index contributed by atoms with van der Waals surface area (Å²) in [6.07, 6.45) is 5.51. The molecule has 3 heterocycles. The van der Waals surface area contributed by atoms with Crippen LogP contribution in [0.5, 0.6) is 0 Å². The van der Waals surface area contributed by atoms with E-state index in [1.807, 2.05) is 6.26 Å². The van der Waals surface area contributed by atoms with Crippen molar-refractivity contribution in [1.82, 2.24) is 15.6 Å². The molecule has 2 aliphatic heterocycles. The van der Waals surface area contributed by atoms with Gasteiger partial charge in [0.1, 0.15) is 6.26 Å². The molecule has 2 N–H and O–H groups in total. The summed E-state index contributed by atoms with van der Waals surface area (Å²) < 4.78 is 5.62. The van der Waals surface area contributed by atoms with Gasteiger partial charge in [0.05, 0.1) is 5.69 Å². The van der Waals surface area contributed by atoms with Crippen LogP contribution in [0.1, 0.15) is 42.7 Å². The molecule has 3 rings (SSSR count). The molecular formula is C12H19N3O. The van der Waals surface area contributed by atoms with Crippen molar-refractivity contribution in [3.63, 3.8) is 0 Å². The lowest BCUT2D eigenvalue weighted by atomic mass is 9.97. The van der Waals surface area contributed by atoms with Crippen LogP contribution >= 0.6 is 0 Å². The van der Waals surface area contributed by atoms with Crippen molar-refractivity contribution in [2.45, 2.75) is 31.1 Å². The lowest BCUT2D eigenvalue weighted by Crippen LogP contribution is -2.28. The Morgan fingerprint density at radius 1 is 1.12 bits per heavy atom. The second kappa shape index (κ2) is 4.55. The Morgan fingerprint density at radius 3 is 2.75 bits per heavy atom. The molecule has 2 aliphatic rings. The van der Waals surface area contributed by atoms with Crippen LogP contribution in [-0.2, 0) is 0 Å². The van der Waals surface area contributed by atoms with Crippen molar-refractivity contribution < 1.29 is 4.42 Å². The van der Waals surface area contributed by atoms with E-state index < -0.39 is 0 Å². The molecule has 2 fully saturated rings. The summed E-state index contributed by atoms with van der Waals surface area (Å²) in [4.78, 5) is 4.67. The van der Waals surface area contributed by atoms with Gasteiger partial charge in [-0.25, -0.2) is 4.98 Å². The van der Waals surface area contributed by atoms with Gasteiger partial charge in [-0.3, -0.25) is 0 Å². The van der Waals surface area contributed by atoms with Crippen LogP contribution in [0.2, 0.25) is 0 Å². The van der Waals surface area contributed by atoms with Gasteiger partial charge < -0.3 is 15.1 Å². The van der Waals surface area contributed by atoms with Crippen molar-refractivity contribution in [3.05, 3.63) is 17.8 Å². The monoisotopic (exact) mass is 221 g/mol. The first-order chi connectivity index (χ1) is 7.93. The molecule has 0 aromatic carbocycles. The number of piperidine rings is 1. The van der Waals surface area contributed by atoms with Crippen LogP contribution in [0.3, 0.4) is 0 Å². The van der Waals surface area contributed by atoms with Gasteiger partial charge in [-0.2, -0.15) is 0 Å². The number of nitrogens with zero attached hydrogens (tertiary/aromatic N) is 1. The summed E-state index contributed by atoms with van der Waals surface area (Å²) in [5, 5.41) is 6.77. The minimum absolute atomic E-state index is 0.491. The van der Waals surface area contributed by atoms with Gasteiger partial charge in [-0.15, -0.1) is 0 Å². The summed E-state index contributed by atoms with van der Waals surface area (Å²) in [6.45, 7) is 4.30. The van der Waals surface area contributed by atoms with Gasteiger partial charge in [-0.05, 0) is 32.4 Å². The van der Waals surface area contributed by atoms with Gasteiger partial charge in [0, 0.05) is 24.9 Å². The first-order valence-corrected chi connectivity index (χ1v) is 6.30. The molecular weight excluding hydrogens is 202 g/mol. The van der Waals surface area contributed by atoms with Crippen molar-refractivity contribution in [3.8, 4) is 0 Å². The van der Waals surface area contributed by atoms with E-state index in [2.05, 4.69) is 15.6 Å². The van der Waals surface area contributed by atoms with Crippen molar-refractivity contribution in [2.24, 2.45) is 0 Å². The van der Waals surface area contributed by atoms with Crippen LogP contribution in [0.15, 0.2) is 10.7 Å². The number of nitrogens with one attached hydrogen (secondary N) is 2. The van der Waals surface area contributed by atoms with Crippen LogP contribution in [0.25, 0.3) is 0 Å². The molecule has 2 atom stereocenters. The number of hydrogen-bond donors (Lipinski definition) is 2. The lowest BCUT2D eigenvalue weighted by molar-refractivity contribution is 0.449. The van der Waals surface area contributed by atoms with Crippen molar-refractivity contribution in [1.29, 1.82) is 0 Å². The topological polar surface area (TPSA) is 50.1 Å². The third-order valence-electron chi connectivity index (χ3n) is 3.66. The summed E-state index contributed by atoms with van der Waals surface area (Å²) in [6, 6.07) is 0. The fourth-order valence-corrected chi connectivity index (χ4v) is 2.65. The van der Waals surface area contributed by atoms with Gasteiger partial charge in [0.2, 0.25) is 0 Å². The Hall–Kier alpha value is -0.870. The molecule has 88 valence electrons. The van der Waals surface area contributed by atoms with E-state index in [9.17, 15) is 0 Å². The lowest BCUT2D eigenvalue weighted by Gasteiger charge is -2.20. The van der Waals surface area contributed by atoms with E-state index in [0.717, 1.165) is 44.2 Å². The predicted octanol–water partition coefficient (Wildman–Crippen LogP) is 1.22. The first-order valence-electron chi connectivity index (χ1n) is 6.30. The third kappa shape index (κ3) is 1.99. The van der Waals surface area contributed by atoms with Crippen LogP contribution < -0.4 is 10.6 Å². The van der Waals surface area contributed by atoms with Gasteiger partial charge in [0.15, 0.2) is 5.89 Å². The van der Waals surface area contributed by atoms with Crippen molar-refractivity contribution >= 4 is 0 Å². The Labute approximate surface area is 95.8 Å². The minimum Gasteiger partial charge on any atom is -0.448 e. The largest absolute Gasteiger partial charge is 0.448 e. The summed E-state index contributed by atoms with van der Waals surface area (Å²) >= 11 is 0. The Morgan fingerprint density at radius 2 is 2.00 bits per heavy atom. The Kier molecular flexibility index (Phi) is 2.93. The maximum absolute atomic E-state index is 5.62. The second-order valence-corrected chi connectivity index (χ2v) is 4.84. The van der Waals surface area contributed by atoms with Crippen LogP contribution in [0.4, 0.5) is 0 Å². The first kappa shape index (κ1) is 10.3. The van der Waals surface area contributed by atoms with Crippen molar-refractivity contribution in [2.75, 3.05) is 26.2 Å². The number of rotatable bonds is 2. The predicted molar refractivity (Wildman–Crippen MR) is 61.6 cm³/mol.